The van der Waals surface area contributed by atoms with Crippen molar-refractivity contribution in [2.24, 2.45) is 4.99 Å². The molecule has 1 heterocycles. The number of hydrogen-bond acceptors (Lipinski definition) is 3. The Morgan fingerprint density at radius 1 is 1.35 bits per heavy atom. The molecule has 0 bridgehead atoms. The number of aromatic nitrogens is 1. The first-order chi connectivity index (χ1) is 12.5. The molecule has 4 nitrogen and oxygen atoms in total. The van der Waals surface area contributed by atoms with Gasteiger partial charge in [0.15, 0.2) is 4.80 Å². The third kappa shape index (κ3) is 3.70. The van der Waals surface area contributed by atoms with Gasteiger partial charge in [-0.15, -0.1) is 6.58 Å². The highest BCUT2D eigenvalue weighted by Gasteiger charge is 2.14. The summed E-state index contributed by atoms with van der Waals surface area (Å²) < 4.78 is 8.63. The minimum absolute atomic E-state index is 0.276. The molecule has 0 saturated heterocycles. The van der Waals surface area contributed by atoms with Crippen molar-refractivity contribution < 1.29 is 9.53 Å². The summed E-state index contributed by atoms with van der Waals surface area (Å²) in [6.07, 6.45) is 1.76. The summed E-state index contributed by atoms with van der Waals surface area (Å²) in [5, 5.41) is 0.745. The second-order valence-corrected chi connectivity index (χ2v) is 7.21. The van der Waals surface area contributed by atoms with Gasteiger partial charge in [0.05, 0.1) is 21.9 Å². The van der Waals surface area contributed by atoms with E-state index in [4.69, 9.17) is 27.9 Å². The fourth-order valence-electron chi connectivity index (χ4n) is 2.56. The van der Waals surface area contributed by atoms with E-state index in [0.717, 1.165) is 16.0 Å². The van der Waals surface area contributed by atoms with Crippen molar-refractivity contribution in [3.05, 3.63) is 69.5 Å². The van der Waals surface area contributed by atoms with Crippen LogP contribution in [0, 0.1) is 0 Å². The first-order valence-corrected chi connectivity index (χ1v) is 9.52. The van der Waals surface area contributed by atoms with E-state index in [2.05, 4.69) is 11.6 Å². The average molecular weight is 407 g/mol. The minimum Gasteiger partial charge on any atom is -0.492 e. The average Bonchev–Trinajstić information content (AvgIpc) is 2.94. The Morgan fingerprint density at radius 2 is 2.15 bits per heavy atom. The lowest BCUT2D eigenvalue weighted by molar-refractivity contribution is 0.0998. The lowest BCUT2D eigenvalue weighted by Crippen LogP contribution is -2.16. The van der Waals surface area contributed by atoms with Crippen LogP contribution in [0.4, 0.5) is 0 Å². The molecule has 26 heavy (non-hydrogen) atoms. The van der Waals surface area contributed by atoms with Gasteiger partial charge in [-0.3, -0.25) is 4.79 Å². The Labute approximate surface area is 165 Å². The first kappa shape index (κ1) is 18.7. The van der Waals surface area contributed by atoms with Crippen LogP contribution < -0.4 is 9.54 Å². The maximum Gasteiger partial charge on any atom is 0.281 e. The molecule has 0 fully saturated rings. The Bertz CT molecular complexity index is 1050. The molecule has 3 rings (SSSR count). The van der Waals surface area contributed by atoms with E-state index in [0.29, 0.717) is 28.5 Å². The zero-order valence-corrected chi connectivity index (χ0v) is 16.4. The summed E-state index contributed by atoms with van der Waals surface area (Å²) >= 11 is 13.4. The number of carbonyl (C=O) groups excluding carboxylic acids is 1. The van der Waals surface area contributed by atoms with E-state index in [1.54, 1.807) is 18.2 Å². The highest BCUT2D eigenvalue weighted by atomic mass is 35.5. The molecule has 0 aliphatic rings. The molecule has 7 heteroatoms. The molecule has 0 aliphatic carbocycles. The van der Waals surface area contributed by atoms with Gasteiger partial charge in [-0.25, -0.2) is 0 Å². The maximum atomic E-state index is 12.6. The Kier molecular flexibility index (Phi) is 5.81. The fraction of sp³-hybridized carbons (Fsp3) is 0.158. The molecule has 0 spiro atoms. The number of ether oxygens (including phenoxy) is 1. The van der Waals surface area contributed by atoms with Crippen LogP contribution in [0.15, 0.2) is 54.0 Å². The molecule has 0 N–H and O–H groups in total. The third-order valence-corrected chi connectivity index (χ3v) is 5.23. The third-order valence-electron chi connectivity index (χ3n) is 3.63. The highest BCUT2D eigenvalue weighted by molar-refractivity contribution is 7.16. The van der Waals surface area contributed by atoms with Gasteiger partial charge in [0, 0.05) is 11.6 Å². The van der Waals surface area contributed by atoms with Crippen molar-refractivity contribution in [3.63, 3.8) is 0 Å². The van der Waals surface area contributed by atoms with E-state index in [9.17, 15) is 4.79 Å². The van der Waals surface area contributed by atoms with Gasteiger partial charge in [-0.05, 0) is 37.3 Å². The predicted octanol–water partition coefficient (Wildman–Crippen LogP) is 5.34. The standard InChI is InChI=1S/C19H16Cl2N2O2S/c1-3-10-23-17-15(25-4-2)6-5-7-16(17)26-19(23)22-18(24)13-9-8-12(20)11-14(13)21/h3,5-9,11H,1,4,10H2,2H3. The number of amides is 1. The van der Waals surface area contributed by atoms with Crippen LogP contribution in [0.1, 0.15) is 17.3 Å². The van der Waals surface area contributed by atoms with Crippen molar-refractivity contribution >= 4 is 50.7 Å². The highest BCUT2D eigenvalue weighted by Crippen LogP contribution is 2.28. The van der Waals surface area contributed by atoms with E-state index in [1.807, 2.05) is 29.7 Å². The van der Waals surface area contributed by atoms with Crippen LogP contribution in [0.2, 0.25) is 10.0 Å². The van der Waals surface area contributed by atoms with Gasteiger partial charge in [-0.2, -0.15) is 4.99 Å². The fourth-order valence-corrected chi connectivity index (χ4v) is 4.11. The second kappa shape index (κ2) is 8.08. The topological polar surface area (TPSA) is 43.6 Å². The maximum absolute atomic E-state index is 12.6. The van der Waals surface area contributed by atoms with E-state index >= 15 is 0 Å². The Balaban J connectivity index is 2.18. The van der Waals surface area contributed by atoms with Crippen LogP contribution in [0.25, 0.3) is 10.2 Å². The molecule has 1 aromatic heterocycles. The quantitative estimate of drug-likeness (QED) is 0.536. The summed E-state index contributed by atoms with van der Waals surface area (Å²) in [7, 11) is 0. The number of para-hydroxylation sites is 1. The minimum atomic E-state index is -0.422. The van der Waals surface area contributed by atoms with E-state index in [-0.39, 0.29) is 5.02 Å². The summed E-state index contributed by atoms with van der Waals surface area (Å²) in [5.74, 6) is 0.329. The summed E-state index contributed by atoms with van der Waals surface area (Å²) in [4.78, 5) is 17.5. The molecule has 0 aliphatic heterocycles. The molecule has 0 atom stereocenters. The number of allylic oxidation sites excluding steroid dienone is 1. The van der Waals surface area contributed by atoms with Gasteiger partial charge in [0.1, 0.15) is 11.3 Å². The number of nitrogens with zero attached hydrogens (tertiary/aromatic N) is 2. The van der Waals surface area contributed by atoms with Crippen LogP contribution in [0.3, 0.4) is 0 Å². The normalized spacial score (nSPS) is 11.7. The number of thiazole rings is 1. The largest absolute Gasteiger partial charge is 0.492 e. The Hall–Kier alpha value is -2.08. The molecule has 3 aromatic rings. The molecule has 134 valence electrons. The SMILES string of the molecule is C=CCn1c(=NC(=O)c2ccc(Cl)cc2Cl)sc2cccc(OCC)c21. The van der Waals surface area contributed by atoms with Crippen LogP contribution >= 0.6 is 34.5 Å². The number of hydrogen-bond donors (Lipinski definition) is 0. The molecule has 0 unspecified atom stereocenters. The monoisotopic (exact) mass is 406 g/mol. The van der Waals surface area contributed by atoms with Crippen molar-refractivity contribution in [1.29, 1.82) is 0 Å². The molecule has 0 saturated carbocycles. The van der Waals surface area contributed by atoms with Crippen molar-refractivity contribution in [3.8, 4) is 5.75 Å². The number of halogens is 2. The van der Waals surface area contributed by atoms with E-state index < -0.39 is 5.91 Å². The number of carbonyl (C=O) groups is 1. The van der Waals surface area contributed by atoms with Crippen molar-refractivity contribution in [2.75, 3.05) is 6.61 Å². The molecule has 1 amide bonds. The van der Waals surface area contributed by atoms with Gasteiger partial charge in [-0.1, -0.05) is 46.7 Å². The number of fused-ring (bicyclic) bond motifs is 1. The van der Waals surface area contributed by atoms with Crippen LogP contribution in [-0.4, -0.2) is 17.1 Å². The number of rotatable bonds is 5. The van der Waals surface area contributed by atoms with Gasteiger partial charge < -0.3 is 9.30 Å². The van der Waals surface area contributed by atoms with Gasteiger partial charge in [0.2, 0.25) is 0 Å². The molecule has 2 aromatic carbocycles. The number of benzene rings is 2. The second-order valence-electron chi connectivity index (χ2n) is 5.36. The van der Waals surface area contributed by atoms with Gasteiger partial charge in [0.25, 0.3) is 5.91 Å². The van der Waals surface area contributed by atoms with E-state index in [1.165, 1.54) is 17.4 Å². The first-order valence-electron chi connectivity index (χ1n) is 7.95. The van der Waals surface area contributed by atoms with Crippen LogP contribution in [0.5, 0.6) is 5.75 Å². The Morgan fingerprint density at radius 3 is 2.85 bits per heavy atom. The summed E-state index contributed by atoms with van der Waals surface area (Å²) in [5.41, 5.74) is 1.21. The van der Waals surface area contributed by atoms with Crippen molar-refractivity contribution in [1.82, 2.24) is 4.57 Å². The molecule has 0 radical (unpaired) electrons. The molecular weight excluding hydrogens is 391 g/mol. The lowest BCUT2D eigenvalue weighted by Gasteiger charge is -2.08. The smallest absolute Gasteiger partial charge is 0.281 e. The predicted molar refractivity (Wildman–Crippen MR) is 108 cm³/mol. The zero-order valence-electron chi connectivity index (χ0n) is 14.0. The summed E-state index contributed by atoms with van der Waals surface area (Å²) in [6, 6.07) is 10.5. The zero-order chi connectivity index (χ0) is 18.7. The molecular formula is C19H16Cl2N2O2S. The lowest BCUT2D eigenvalue weighted by atomic mass is 10.2. The van der Waals surface area contributed by atoms with Gasteiger partial charge >= 0.3 is 0 Å². The van der Waals surface area contributed by atoms with Crippen molar-refractivity contribution in [2.45, 2.75) is 13.5 Å². The van der Waals surface area contributed by atoms with Crippen LogP contribution in [-0.2, 0) is 6.54 Å². The summed E-state index contributed by atoms with van der Waals surface area (Å²) in [6.45, 7) is 6.79.